The van der Waals surface area contributed by atoms with E-state index in [2.05, 4.69) is 16.4 Å². The van der Waals surface area contributed by atoms with Crippen LogP contribution in [-0.4, -0.2) is 4.98 Å². The van der Waals surface area contributed by atoms with E-state index in [-0.39, 0.29) is 0 Å². The van der Waals surface area contributed by atoms with Gasteiger partial charge in [-0.15, -0.1) is 11.3 Å². The molecule has 0 saturated heterocycles. The Morgan fingerprint density at radius 1 is 1.40 bits per heavy atom. The summed E-state index contributed by atoms with van der Waals surface area (Å²) in [6.45, 7) is 2.01. The molecule has 0 unspecified atom stereocenters. The molecule has 1 nitrogen and oxygen atoms in total. The molecule has 78 valence electrons. The maximum atomic E-state index is 6.07. The van der Waals surface area contributed by atoms with Gasteiger partial charge < -0.3 is 0 Å². The van der Waals surface area contributed by atoms with Crippen LogP contribution in [0.15, 0.2) is 34.0 Å². The Hall–Kier alpha value is -0.510. The molecule has 0 aliphatic carbocycles. The van der Waals surface area contributed by atoms with Crippen molar-refractivity contribution >= 4 is 34.7 Å². The largest absolute Gasteiger partial charge is 0.235 e. The van der Waals surface area contributed by atoms with Gasteiger partial charge in [0.05, 0.1) is 0 Å². The van der Waals surface area contributed by atoms with Crippen molar-refractivity contribution in [3.05, 3.63) is 45.9 Å². The predicted molar refractivity (Wildman–Crippen MR) is 67.9 cm³/mol. The van der Waals surface area contributed by atoms with Crippen LogP contribution in [0.25, 0.3) is 0 Å². The lowest BCUT2D eigenvalue weighted by Gasteiger charge is -2.01. The van der Waals surface area contributed by atoms with Gasteiger partial charge in [0, 0.05) is 21.8 Å². The Bertz CT molecular complexity index is 453. The van der Waals surface area contributed by atoms with Crippen LogP contribution in [0.3, 0.4) is 0 Å². The fourth-order valence-corrected chi connectivity index (χ4v) is 3.29. The molecule has 0 bridgehead atoms. The van der Waals surface area contributed by atoms with Crippen LogP contribution in [-0.2, 0) is 5.75 Å². The van der Waals surface area contributed by atoms with Gasteiger partial charge in [0.25, 0.3) is 0 Å². The number of aryl methyl sites for hydroxylation is 1. The molecular formula is C11H10ClNS2. The van der Waals surface area contributed by atoms with E-state index in [1.54, 1.807) is 23.1 Å². The van der Waals surface area contributed by atoms with Crippen LogP contribution < -0.4 is 0 Å². The highest BCUT2D eigenvalue weighted by Gasteiger charge is 2.02. The molecule has 0 N–H and O–H groups in total. The molecule has 0 radical (unpaired) electrons. The Kier molecular flexibility index (Phi) is 3.67. The van der Waals surface area contributed by atoms with Crippen LogP contribution in [0.2, 0.25) is 5.02 Å². The van der Waals surface area contributed by atoms with E-state index in [0.717, 1.165) is 26.4 Å². The zero-order valence-corrected chi connectivity index (χ0v) is 10.6. The van der Waals surface area contributed by atoms with Crippen LogP contribution >= 0.6 is 34.7 Å². The van der Waals surface area contributed by atoms with Gasteiger partial charge in [-0.2, -0.15) is 0 Å². The highest BCUT2D eigenvalue weighted by molar-refractivity contribution is 8.00. The summed E-state index contributed by atoms with van der Waals surface area (Å²) >= 11 is 9.48. The average Bonchev–Trinajstić information content (AvgIpc) is 2.63. The second kappa shape index (κ2) is 5.01. The van der Waals surface area contributed by atoms with E-state index in [4.69, 9.17) is 11.6 Å². The number of thiazole rings is 1. The predicted octanol–water partition coefficient (Wildman–Crippen LogP) is 4.40. The van der Waals surface area contributed by atoms with Gasteiger partial charge in [-0.25, -0.2) is 4.98 Å². The first kappa shape index (κ1) is 11.0. The Labute approximate surface area is 103 Å². The molecule has 0 aliphatic rings. The second-order valence-corrected chi connectivity index (χ2v) is 5.62. The molecule has 1 heterocycles. The third kappa shape index (κ3) is 2.97. The highest BCUT2D eigenvalue weighted by atomic mass is 35.5. The van der Waals surface area contributed by atoms with Gasteiger partial charge in [-0.1, -0.05) is 41.6 Å². The van der Waals surface area contributed by atoms with Gasteiger partial charge in [-0.05, 0) is 18.6 Å². The minimum absolute atomic E-state index is 0.832. The first-order chi connectivity index (χ1) is 7.25. The minimum atomic E-state index is 0.832. The molecule has 0 saturated carbocycles. The standard InChI is InChI=1S/C11H10ClNS2/c1-8-6-14-11(13-8)15-7-9-4-2-3-5-10(9)12/h2-6H,7H2,1H3. The summed E-state index contributed by atoms with van der Waals surface area (Å²) in [6, 6.07) is 7.93. The number of hydrogen-bond donors (Lipinski definition) is 0. The van der Waals surface area contributed by atoms with Crippen molar-refractivity contribution in [2.24, 2.45) is 0 Å². The van der Waals surface area contributed by atoms with E-state index in [0.29, 0.717) is 0 Å². The molecule has 2 rings (SSSR count). The number of rotatable bonds is 3. The van der Waals surface area contributed by atoms with E-state index in [1.807, 2.05) is 25.1 Å². The number of thioether (sulfide) groups is 1. The molecular weight excluding hydrogens is 246 g/mol. The van der Waals surface area contributed by atoms with Crippen molar-refractivity contribution in [3.63, 3.8) is 0 Å². The molecule has 0 aliphatic heterocycles. The molecule has 2 aromatic rings. The zero-order chi connectivity index (χ0) is 10.7. The van der Waals surface area contributed by atoms with Crippen LogP contribution in [0.1, 0.15) is 11.3 Å². The first-order valence-corrected chi connectivity index (χ1v) is 6.78. The number of aromatic nitrogens is 1. The topological polar surface area (TPSA) is 12.9 Å². The molecule has 15 heavy (non-hydrogen) atoms. The first-order valence-electron chi connectivity index (χ1n) is 4.54. The smallest absolute Gasteiger partial charge is 0.150 e. The summed E-state index contributed by atoms with van der Waals surface area (Å²) in [4.78, 5) is 4.39. The van der Waals surface area contributed by atoms with Gasteiger partial charge in [-0.3, -0.25) is 0 Å². The van der Waals surface area contributed by atoms with Gasteiger partial charge in [0.1, 0.15) is 4.34 Å². The SMILES string of the molecule is Cc1csc(SCc2ccccc2Cl)n1. The molecule has 0 amide bonds. The van der Waals surface area contributed by atoms with Crippen molar-refractivity contribution in [1.82, 2.24) is 4.98 Å². The minimum Gasteiger partial charge on any atom is -0.235 e. The van der Waals surface area contributed by atoms with E-state index < -0.39 is 0 Å². The monoisotopic (exact) mass is 255 g/mol. The third-order valence-corrected chi connectivity index (χ3v) is 4.46. The van der Waals surface area contributed by atoms with Crippen LogP contribution in [0.4, 0.5) is 0 Å². The summed E-state index contributed by atoms with van der Waals surface area (Å²) in [5.41, 5.74) is 2.25. The number of halogens is 1. The average molecular weight is 256 g/mol. The highest BCUT2D eigenvalue weighted by Crippen LogP contribution is 2.28. The Morgan fingerprint density at radius 2 is 2.20 bits per heavy atom. The second-order valence-electron chi connectivity index (χ2n) is 3.13. The molecule has 0 spiro atoms. The van der Waals surface area contributed by atoms with Gasteiger partial charge in [0.2, 0.25) is 0 Å². The fraction of sp³-hybridized carbons (Fsp3) is 0.182. The third-order valence-electron chi connectivity index (χ3n) is 1.91. The van der Waals surface area contributed by atoms with Crippen molar-refractivity contribution in [2.45, 2.75) is 17.0 Å². The normalized spacial score (nSPS) is 10.5. The molecule has 0 fully saturated rings. The van der Waals surface area contributed by atoms with Crippen molar-refractivity contribution < 1.29 is 0 Å². The number of nitrogens with zero attached hydrogens (tertiary/aromatic N) is 1. The zero-order valence-electron chi connectivity index (χ0n) is 8.24. The van der Waals surface area contributed by atoms with Gasteiger partial charge >= 0.3 is 0 Å². The van der Waals surface area contributed by atoms with Crippen LogP contribution in [0.5, 0.6) is 0 Å². The fourth-order valence-electron chi connectivity index (χ4n) is 1.15. The Balaban J connectivity index is 2.02. The molecule has 0 atom stereocenters. The maximum absolute atomic E-state index is 6.07. The van der Waals surface area contributed by atoms with E-state index in [1.165, 1.54) is 0 Å². The Morgan fingerprint density at radius 3 is 2.87 bits per heavy atom. The lowest BCUT2D eigenvalue weighted by Crippen LogP contribution is -1.81. The maximum Gasteiger partial charge on any atom is 0.150 e. The van der Waals surface area contributed by atoms with E-state index in [9.17, 15) is 0 Å². The van der Waals surface area contributed by atoms with Crippen molar-refractivity contribution in [1.29, 1.82) is 0 Å². The molecule has 1 aromatic heterocycles. The summed E-state index contributed by atoms with van der Waals surface area (Å²) in [6.07, 6.45) is 0. The quantitative estimate of drug-likeness (QED) is 0.754. The lowest BCUT2D eigenvalue weighted by atomic mass is 10.2. The van der Waals surface area contributed by atoms with Crippen molar-refractivity contribution in [2.75, 3.05) is 0 Å². The van der Waals surface area contributed by atoms with Crippen molar-refractivity contribution in [3.8, 4) is 0 Å². The molecule has 1 aromatic carbocycles. The van der Waals surface area contributed by atoms with Gasteiger partial charge in [0.15, 0.2) is 0 Å². The summed E-state index contributed by atoms with van der Waals surface area (Å²) in [7, 11) is 0. The lowest BCUT2D eigenvalue weighted by molar-refractivity contribution is 1.16. The number of hydrogen-bond acceptors (Lipinski definition) is 3. The van der Waals surface area contributed by atoms with Crippen LogP contribution in [0, 0.1) is 6.92 Å². The molecule has 4 heteroatoms. The summed E-state index contributed by atoms with van der Waals surface area (Å²) in [5, 5.41) is 2.90. The summed E-state index contributed by atoms with van der Waals surface area (Å²) in [5.74, 6) is 0.882. The number of benzene rings is 1. The summed E-state index contributed by atoms with van der Waals surface area (Å²) < 4.78 is 1.10. The van der Waals surface area contributed by atoms with E-state index >= 15 is 0 Å².